The molecule has 4 rings (SSSR count). The van der Waals surface area contributed by atoms with Gasteiger partial charge in [-0.15, -0.1) is 0 Å². The lowest BCUT2D eigenvalue weighted by molar-refractivity contribution is 0.0877. The van der Waals surface area contributed by atoms with E-state index in [1.54, 1.807) is 50.6 Å². The Morgan fingerprint density at radius 3 is 2.56 bits per heavy atom. The molecular formula is C27H28ClFN2O3. The first-order valence-corrected chi connectivity index (χ1v) is 11.6. The zero-order valence-corrected chi connectivity index (χ0v) is 20.2. The molecule has 0 aromatic heterocycles. The van der Waals surface area contributed by atoms with Crippen LogP contribution in [0.3, 0.4) is 0 Å². The van der Waals surface area contributed by atoms with E-state index >= 15 is 0 Å². The molecule has 1 heterocycles. The van der Waals surface area contributed by atoms with Crippen LogP contribution in [0.4, 0.5) is 4.39 Å². The molecular weight excluding hydrogens is 455 g/mol. The summed E-state index contributed by atoms with van der Waals surface area (Å²) in [7, 11) is 3.22. The molecule has 0 radical (unpaired) electrons. The normalized spacial score (nSPS) is 16.4. The number of nitrogens with one attached hydrogen (secondary N) is 1. The van der Waals surface area contributed by atoms with E-state index < -0.39 is 0 Å². The van der Waals surface area contributed by atoms with Gasteiger partial charge in [0.15, 0.2) is 11.5 Å². The quantitative estimate of drug-likeness (QED) is 0.489. The fourth-order valence-corrected chi connectivity index (χ4v) is 4.89. The van der Waals surface area contributed by atoms with Gasteiger partial charge in [-0.25, -0.2) is 4.39 Å². The first-order valence-electron chi connectivity index (χ1n) is 11.2. The summed E-state index contributed by atoms with van der Waals surface area (Å²) >= 11 is 6.26. The first-order chi connectivity index (χ1) is 16.4. The maximum absolute atomic E-state index is 13.9. The van der Waals surface area contributed by atoms with Gasteiger partial charge in [0, 0.05) is 19.1 Å². The smallest absolute Gasteiger partial charge is 0.253 e. The van der Waals surface area contributed by atoms with E-state index in [9.17, 15) is 9.18 Å². The Balaban J connectivity index is 1.70. The highest BCUT2D eigenvalue weighted by Gasteiger charge is 2.34. The summed E-state index contributed by atoms with van der Waals surface area (Å²) in [4.78, 5) is 15.3. The Morgan fingerprint density at radius 2 is 1.85 bits per heavy atom. The van der Waals surface area contributed by atoms with Gasteiger partial charge < -0.3 is 14.8 Å². The number of halogens is 2. The molecule has 1 aliphatic heterocycles. The van der Waals surface area contributed by atoms with Gasteiger partial charge in [-0.05, 0) is 66.4 Å². The highest BCUT2D eigenvalue weighted by molar-refractivity contribution is 6.33. The Labute approximate surface area is 204 Å². The average molecular weight is 483 g/mol. The molecule has 34 heavy (non-hydrogen) atoms. The highest BCUT2D eigenvalue weighted by Crippen LogP contribution is 2.40. The molecule has 3 aromatic rings. The van der Waals surface area contributed by atoms with E-state index in [1.807, 2.05) is 25.1 Å². The largest absolute Gasteiger partial charge is 0.493 e. The topological polar surface area (TPSA) is 50.8 Å². The Morgan fingerprint density at radius 1 is 1.12 bits per heavy atom. The van der Waals surface area contributed by atoms with Gasteiger partial charge in [0.2, 0.25) is 0 Å². The third kappa shape index (κ3) is 5.03. The molecule has 0 bridgehead atoms. The summed E-state index contributed by atoms with van der Waals surface area (Å²) in [6.45, 7) is 3.27. The van der Waals surface area contributed by atoms with Crippen molar-refractivity contribution in [2.45, 2.75) is 32.0 Å². The van der Waals surface area contributed by atoms with E-state index in [1.165, 1.54) is 6.07 Å². The van der Waals surface area contributed by atoms with Crippen LogP contribution in [0.2, 0.25) is 5.02 Å². The molecule has 0 saturated carbocycles. The van der Waals surface area contributed by atoms with Crippen molar-refractivity contribution in [3.05, 3.63) is 93.8 Å². The number of amides is 1. The Bertz CT molecular complexity index is 1190. The molecule has 2 atom stereocenters. The van der Waals surface area contributed by atoms with E-state index in [4.69, 9.17) is 21.1 Å². The number of ether oxygens (including phenoxy) is 2. The summed E-state index contributed by atoms with van der Waals surface area (Å²) in [5.74, 6) is 0.796. The second-order valence-electron chi connectivity index (χ2n) is 8.44. The van der Waals surface area contributed by atoms with E-state index in [-0.39, 0.29) is 23.8 Å². The maximum atomic E-state index is 13.9. The van der Waals surface area contributed by atoms with Crippen molar-refractivity contribution in [3.8, 4) is 11.5 Å². The maximum Gasteiger partial charge on any atom is 0.253 e. The number of hydrogen-bond donors (Lipinski definition) is 1. The van der Waals surface area contributed by atoms with Crippen molar-refractivity contribution in [3.63, 3.8) is 0 Å². The summed E-state index contributed by atoms with van der Waals surface area (Å²) in [5.41, 5.74) is 3.49. The number of carbonyl (C=O) groups is 1. The monoisotopic (exact) mass is 482 g/mol. The van der Waals surface area contributed by atoms with E-state index in [0.29, 0.717) is 28.6 Å². The van der Waals surface area contributed by atoms with Crippen LogP contribution in [0.15, 0.2) is 60.7 Å². The number of fused-ring (bicyclic) bond motifs is 1. The lowest BCUT2D eigenvalue weighted by Gasteiger charge is -2.41. The van der Waals surface area contributed by atoms with E-state index in [0.717, 1.165) is 29.7 Å². The predicted octanol–water partition coefficient (Wildman–Crippen LogP) is 5.41. The van der Waals surface area contributed by atoms with Crippen molar-refractivity contribution in [2.24, 2.45) is 0 Å². The van der Waals surface area contributed by atoms with Gasteiger partial charge in [0.05, 0.1) is 30.8 Å². The highest BCUT2D eigenvalue weighted by atomic mass is 35.5. The molecule has 1 amide bonds. The molecule has 0 spiro atoms. The molecule has 0 aliphatic carbocycles. The molecule has 1 N–H and O–H groups in total. The van der Waals surface area contributed by atoms with Gasteiger partial charge >= 0.3 is 0 Å². The Hall–Kier alpha value is -3.09. The molecule has 0 saturated heterocycles. The summed E-state index contributed by atoms with van der Waals surface area (Å²) in [5, 5.41) is 3.53. The number of nitrogens with zero attached hydrogens (tertiary/aromatic N) is 1. The number of carbonyl (C=O) groups excluding carboxylic acids is 1. The number of methoxy groups -OCH3 is 2. The van der Waals surface area contributed by atoms with Crippen LogP contribution in [0.1, 0.15) is 40.0 Å². The van der Waals surface area contributed by atoms with Gasteiger partial charge in [-0.2, -0.15) is 0 Å². The first kappa shape index (κ1) is 24.0. The lowest BCUT2D eigenvalue weighted by Crippen LogP contribution is -2.47. The summed E-state index contributed by atoms with van der Waals surface area (Å²) in [6.07, 6.45) is 0.798. The van der Waals surface area contributed by atoms with Gasteiger partial charge in [0.1, 0.15) is 5.82 Å². The van der Waals surface area contributed by atoms with Crippen molar-refractivity contribution in [1.29, 1.82) is 0 Å². The van der Waals surface area contributed by atoms with Crippen LogP contribution in [-0.4, -0.2) is 37.6 Å². The zero-order chi connectivity index (χ0) is 24.2. The number of rotatable bonds is 7. The molecule has 0 unspecified atom stereocenters. The summed E-state index contributed by atoms with van der Waals surface area (Å²) in [6, 6.07) is 17.2. The van der Waals surface area contributed by atoms with Gasteiger partial charge in [0.25, 0.3) is 5.91 Å². The second kappa shape index (κ2) is 10.5. The van der Waals surface area contributed by atoms with Crippen molar-refractivity contribution in [2.75, 3.05) is 20.8 Å². The molecule has 5 nitrogen and oxygen atoms in total. The van der Waals surface area contributed by atoms with Gasteiger partial charge in [-0.3, -0.25) is 9.69 Å². The van der Waals surface area contributed by atoms with E-state index in [2.05, 4.69) is 10.2 Å². The van der Waals surface area contributed by atoms with Crippen molar-refractivity contribution in [1.82, 2.24) is 10.2 Å². The second-order valence-corrected chi connectivity index (χ2v) is 8.85. The van der Waals surface area contributed by atoms with Crippen molar-refractivity contribution < 1.29 is 18.7 Å². The molecule has 178 valence electrons. The number of benzene rings is 3. The van der Waals surface area contributed by atoms with Crippen LogP contribution in [-0.2, 0) is 13.0 Å². The number of hydrogen-bond acceptors (Lipinski definition) is 4. The minimum atomic E-state index is -0.269. The fraction of sp³-hybridized carbons (Fsp3) is 0.296. The molecule has 1 aliphatic rings. The van der Waals surface area contributed by atoms with Crippen LogP contribution < -0.4 is 14.8 Å². The fourth-order valence-electron chi connectivity index (χ4n) is 4.67. The SMILES string of the molecule is COc1cc2c(cc1OC)[C@H]([C@@H](C)NC(=O)c1ccccc1Cl)N(Cc1cccc(F)c1)CC2. The third-order valence-corrected chi connectivity index (χ3v) is 6.58. The molecule has 7 heteroatoms. The minimum absolute atomic E-state index is 0.168. The Kier molecular flexibility index (Phi) is 7.39. The average Bonchev–Trinajstić information content (AvgIpc) is 2.83. The zero-order valence-electron chi connectivity index (χ0n) is 19.5. The van der Waals surface area contributed by atoms with Crippen LogP contribution in [0.25, 0.3) is 0 Å². The minimum Gasteiger partial charge on any atom is -0.493 e. The van der Waals surface area contributed by atoms with Crippen molar-refractivity contribution >= 4 is 17.5 Å². The van der Waals surface area contributed by atoms with Crippen LogP contribution >= 0.6 is 11.6 Å². The third-order valence-electron chi connectivity index (χ3n) is 6.25. The van der Waals surface area contributed by atoms with Crippen LogP contribution in [0, 0.1) is 5.82 Å². The lowest BCUT2D eigenvalue weighted by atomic mass is 9.87. The predicted molar refractivity (Wildman–Crippen MR) is 131 cm³/mol. The molecule has 3 aromatic carbocycles. The molecule has 0 fully saturated rings. The van der Waals surface area contributed by atoms with Gasteiger partial charge in [-0.1, -0.05) is 35.9 Å². The van der Waals surface area contributed by atoms with Crippen LogP contribution in [0.5, 0.6) is 11.5 Å². The standard InChI is InChI=1S/C27H28ClFN2O3/c1-17(30-27(32)21-9-4-5-10-23(21)28)26-22-15-25(34-3)24(33-2)14-19(22)11-12-31(26)16-18-7-6-8-20(29)13-18/h4-10,13-15,17,26H,11-12,16H2,1-3H3,(H,30,32)/t17-,26+/m1/s1. The summed E-state index contributed by atoms with van der Waals surface area (Å²) < 4.78 is 24.9.